The standard InChI is InChI=1S/C32H38N4/c1-7-27(35-21-33(23(3)4)29-17-11-13-19-31(29)35)25-15-9-10-16-26(25)28(8-2)36-22-34(24(5)6)30-18-12-14-20-32(30)36/h9-20,23-24,27-28H,7-8H2,1-6H3/t27-,28-/m1/s1. The third-order valence-electron chi connectivity index (χ3n) is 7.38. The molecule has 2 heterocycles. The van der Waals surface area contributed by atoms with Gasteiger partial charge in [-0.05, 0) is 75.9 Å². The normalized spacial score (nSPS) is 16.7. The SMILES string of the molecule is CC[C@H](c1ccccc1[C@@H](CC)N1[C]N(C(C)C)c2ccccc21)N1[C]N(C(C)C)c2ccccc21. The first-order chi connectivity index (χ1) is 17.5. The Balaban J connectivity index is 1.55. The quantitative estimate of drug-likeness (QED) is 0.325. The minimum absolute atomic E-state index is 0.194. The van der Waals surface area contributed by atoms with E-state index in [2.05, 4.69) is 147 Å². The number of rotatable bonds is 8. The zero-order chi connectivity index (χ0) is 25.4. The molecule has 0 amide bonds. The Morgan fingerprint density at radius 1 is 0.500 bits per heavy atom. The highest BCUT2D eigenvalue weighted by molar-refractivity contribution is 5.81. The lowest BCUT2D eigenvalue weighted by Gasteiger charge is -2.35. The molecule has 3 aromatic carbocycles. The molecule has 36 heavy (non-hydrogen) atoms. The second-order valence-corrected chi connectivity index (χ2v) is 10.3. The molecule has 0 spiro atoms. The predicted octanol–water partition coefficient (Wildman–Crippen LogP) is 8.05. The highest BCUT2D eigenvalue weighted by Crippen LogP contribution is 2.48. The van der Waals surface area contributed by atoms with Crippen LogP contribution in [-0.2, 0) is 0 Å². The molecule has 4 radical (unpaired) electrons. The van der Waals surface area contributed by atoms with Crippen molar-refractivity contribution in [3.63, 3.8) is 0 Å². The summed E-state index contributed by atoms with van der Waals surface area (Å²) in [6.07, 6.45) is 1.98. The van der Waals surface area contributed by atoms with Crippen LogP contribution in [0, 0.1) is 13.3 Å². The Morgan fingerprint density at radius 2 is 0.806 bits per heavy atom. The van der Waals surface area contributed by atoms with Gasteiger partial charge in [0, 0.05) is 12.1 Å². The Hall–Kier alpha value is -3.14. The number of nitrogens with zero attached hydrogens (tertiary/aromatic N) is 4. The number of hydrogen-bond donors (Lipinski definition) is 0. The zero-order valence-electron chi connectivity index (χ0n) is 22.4. The molecule has 2 aliphatic heterocycles. The van der Waals surface area contributed by atoms with Crippen molar-refractivity contribution in [1.82, 2.24) is 0 Å². The van der Waals surface area contributed by atoms with E-state index in [1.807, 2.05) is 0 Å². The highest BCUT2D eigenvalue weighted by atomic mass is 15.4. The Morgan fingerprint density at radius 3 is 1.11 bits per heavy atom. The molecule has 0 saturated heterocycles. The molecular weight excluding hydrogens is 440 g/mol. The number of para-hydroxylation sites is 4. The Bertz CT molecular complexity index is 1090. The summed E-state index contributed by atoms with van der Waals surface area (Å²) in [4.78, 5) is 9.28. The molecular formula is C32H38N4. The van der Waals surface area contributed by atoms with E-state index in [1.54, 1.807) is 0 Å². The van der Waals surface area contributed by atoms with Crippen molar-refractivity contribution in [1.29, 1.82) is 0 Å². The number of hydrogen-bond acceptors (Lipinski definition) is 4. The average molecular weight is 479 g/mol. The van der Waals surface area contributed by atoms with Crippen LogP contribution in [0.3, 0.4) is 0 Å². The molecule has 2 atom stereocenters. The molecule has 0 aromatic heterocycles. The van der Waals surface area contributed by atoms with Crippen molar-refractivity contribution in [3.8, 4) is 0 Å². The Labute approximate surface area is 218 Å². The summed E-state index contributed by atoms with van der Waals surface area (Å²) in [5.74, 6) is 0. The van der Waals surface area contributed by atoms with E-state index >= 15 is 0 Å². The van der Waals surface area contributed by atoms with Gasteiger partial charge in [-0.1, -0.05) is 62.4 Å². The minimum atomic E-state index is 0.194. The van der Waals surface area contributed by atoms with Crippen LogP contribution in [0.25, 0.3) is 0 Å². The van der Waals surface area contributed by atoms with Crippen LogP contribution in [-0.4, -0.2) is 12.1 Å². The van der Waals surface area contributed by atoms with Crippen LogP contribution in [0.15, 0.2) is 72.8 Å². The third-order valence-corrected chi connectivity index (χ3v) is 7.38. The lowest BCUT2D eigenvalue weighted by molar-refractivity contribution is 0.591. The molecule has 0 saturated carbocycles. The van der Waals surface area contributed by atoms with Crippen LogP contribution in [0.2, 0.25) is 0 Å². The van der Waals surface area contributed by atoms with Crippen LogP contribution >= 0.6 is 0 Å². The van der Waals surface area contributed by atoms with Gasteiger partial charge in [-0.25, -0.2) is 0 Å². The van der Waals surface area contributed by atoms with E-state index < -0.39 is 0 Å². The fourth-order valence-corrected chi connectivity index (χ4v) is 5.65. The second-order valence-electron chi connectivity index (χ2n) is 10.3. The first-order valence-electron chi connectivity index (χ1n) is 13.4. The summed E-state index contributed by atoms with van der Waals surface area (Å²) >= 11 is 0. The topological polar surface area (TPSA) is 13.0 Å². The van der Waals surface area contributed by atoms with E-state index in [4.69, 9.17) is 0 Å². The molecule has 5 rings (SSSR count). The van der Waals surface area contributed by atoms with Crippen molar-refractivity contribution in [2.24, 2.45) is 0 Å². The summed E-state index contributed by atoms with van der Waals surface area (Å²) in [5, 5.41) is 0. The monoisotopic (exact) mass is 478 g/mol. The van der Waals surface area contributed by atoms with Gasteiger partial charge in [0.05, 0.1) is 34.8 Å². The summed E-state index contributed by atoms with van der Waals surface area (Å²) in [6, 6.07) is 27.5. The molecule has 0 fully saturated rings. The summed E-state index contributed by atoms with van der Waals surface area (Å²) < 4.78 is 0. The minimum Gasteiger partial charge on any atom is -0.337 e. The van der Waals surface area contributed by atoms with E-state index in [-0.39, 0.29) is 12.1 Å². The molecule has 4 heteroatoms. The molecule has 0 bridgehead atoms. The molecule has 4 nitrogen and oxygen atoms in total. The van der Waals surface area contributed by atoms with Crippen LogP contribution < -0.4 is 19.6 Å². The van der Waals surface area contributed by atoms with Crippen molar-refractivity contribution < 1.29 is 0 Å². The largest absolute Gasteiger partial charge is 0.337 e. The molecule has 0 unspecified atom stereocenters. The molecule has 186 valence electrons. The maximum absolute atomic E-state index is 3.73. The van der Waals surface area contributed by atoms with Gasteiger partial charge in [0.1, 0.15) is 0 Å². The van der Waals surface area contributed by atoms with Crippen molar-refractivity contribution >= 4 is 22.7 Å². The van der Waals surface area contributed by atoms with Crippen LogP contribution in [0.5, 0.6) is 0 Å². The number of anilines is 4. The first-order valence-corrected chi connectivity index (χ1v) is 13.4. The molecule has 3 aromatic rings. The number of fused-ring (bicyclic) bond motifs is 2. The maximum atomic E-state index is 3.73. The molecule has 0 aliphatic carbocycles. The van der Waals surface area contributed by atoms with Gasteiger partial charge in [-0.3, -0.25) is 0 Å². The van der Waals surface area contributed by atoms with Gasteiger partial charge in [0.2, 0.25) is 13.3 Å². The summed E-state index contributed by atoms with van der Waals surface area (Å²) in [5.41, 5.74) is 7.66. The van der Waals surface area contributed by atoms with Crippen molar-refractivity contribution in [2.45, 2.75) is 78.6 Å². The molecule has 2 aliphatic rings. The van der Waals surface area contributed by atoms with E-state index in [0.717, 1.165) is 12.8 Å². The van der Waals surface area contributed by atoms with E-state index in [9.17, 15) is 0 Å². The Kier molecular flexibility index (Phi) is 6.87. The third kappa shape index (κ3) is 4.11. The number of benzene rings is 3. The molecule has 0 N–H and O–H groups in total. The predicted molar refractivity (Wildman–Crippen MR) is 152 cm³/mol. The van der Waals surface area contributed by atoms with E-state index in [1.165, 1.54) is 33.9 Å². The van der Waals surface area contributed by atoms with Gasteiger partial charge in [-0.15, -0.1) is 0 Å². The lowest BCUT2D eigenvalue weighted by Crippen LogP contribution is -2.34. The summed E-state index contributed by atoms with van der Waals surface area (Å²) in [7, 11) is 0. The zero-order valence-corrected chi connectivity index (χ0v) is 22.4. The van der Waals surface area contributed by atoms with E-state index in [0.29, 0.717) is 12.1 Å². The van der Waals surface area contributed by atoms with Crippen molar-refractivity contribution in [2.75, 3.05) is 19.6 Å². The first kappa shape index (κ1) is 24.5. The fourth-order valence-electron chi connectivity index (χ4n) is 5.65. The van der Waals surface area contributed by atoms with Gasteiger partial charge >= 0.3 is 0 Å². The average Bonchev–Trinajstić information content (AvgIpc) is 3.46. The lowest BCUT2D eigenvalue weighted by atomic mass is 9.90. The smallest absolute Gasteiger partial charge is 0.209 e. The van der Waals surface area contributed by atoms with Gasteiger partial charge in [0.25, 0.3) is 0 Å². The van der Waals surface area contributed by atoms with Crippen LogP contribution in [0.4, 0.5) is 22.7 Å². The van der Waals surface area contributed by atoms with Crippen LogP contribution in [0.1, 0.15) is 77.6 Å². The maximum Gasteiger partial charge on any atom is 0.209 e. The van der Waals surface area contributed by atoms with Gasteiger partial charge in [0.15, 0.2) is 0 Å². The van der Waals surface area contributed by atoms with Crippen molar-refractivity contribution in [3.05, 3.63) is 97.3 Å². The second kappa shape index (κ2) is 10.1. The fraction of sp³-hybridized carbons (Fsp3) is 0.375. The van der Waals surface area contributed by atoms with Gasteiger partial charge in [-0.2, -0.15) is 0 Å². The van der Waals surface area contributed by atoms with Gasteiger partial charge < -0.3 is 19.6 Å². The summed E-state index contributed by atoms with van der Waals surface area (Å²) in [6.45, 7) is 20.9. The highest BCUT2D eigenvalue weighted by Gasteiger charge is 2.38.